The van der Waals surface area contributed by atoms with Crippen molar-refractivity contribution in [3.05, 3.63) is 90.0 Å². The summed E-state index contributed by atoms with van der Waals surface area (Å²) in [7, 11) is 0. The SMILES string of the molecule is CC[C@H](C)OC(=O)c1c(N)n(-c2ccc(OCc3ccccc3)cc2)c2nc3ccccc3nc12. The van der Waals surface area contributed by atoms with Gasteiger partial charge in [0, 0.05) is 5.69 Å². The molecule has 2 N–H and O–H groups in total. The molecule has 0 amide bonds. The number of aromatic nitrogens is 3. The molecule has 0 saturated heterocycles. The van der Waals surface area contributed by atoms with Crippen LogP contribution in [0.1, 0.15) is 36.2 Å². The molecule has 5 rings (SSSR count). The number of esters is 1. The summed E-state index contributed by atoms with van der Waals surface area (Å²) in [6, 6.07) is 25.0. The van der Waals surface area contributed by atoms with Gasteiger partial charge in [-0.05, 0) is 55.3 Å². The number of nitrogens with two attached hydrogens (primary N) is 1. The van der Waals surface area contributed by atoms with Crippen LogP contribution in [0, 0.1) is 0 Å². The average molecular weight is 467 g/mol. The Morgan fingerprint density at radius 1 is 0.943 bits per heavy atom. The first kappa shape index (κ1) is 22.4. The fourth-order valence-corrected chi connectivity index (χ4v) is 3.88. The number of benzene rings is 3. The van der Waals surface area contributed by atoms with Gasteiger partial charge in [-0.3, -0.25) is 4.57 Å². The lowest BCUT2D eigenvalue weighted by Crippen LogP contribution is -2.15. The summed E-state index contributed by atoms with van der Waals surface area (Å²) < 4.78 is 13.3. The lowest BCUT2D eigenvalue weighted by atomic mass is 10.2. The first-order valence-electron chi connectivity index (χ1n) is 11.6. The van der Waals surface area contributed by atoms with Gasteiger partial charge in [-0.1, -0.05) is 49.4 Å². The summed E-state index contributed by atoms with van der Waals surface area (Å²) in [6.07, 6.45) is 0.457. The monoisotopic (exact) mass is 466 g/mol. The van der Waals surface area contributed by atoms with Gasteiger partial charge in [0.25, 0.3) is 0 Å². The molecule has 176 valence electrons. The Morgan fingerprint density at radius 3 is 2.29 bits per heavy atom. The second-order valence-corrected chi connectivity index (χ2v) is 8.37. The molecule has 7 nitrogen and oxygen atoms in total. The highest BCUT2D eigenvalue weighted by Crippen LogP contribution is 2.32. The number of fused-ring (bicyclic) bond motifs is 2. The number of ether oxygens (including phenoxy) is 2. The number of rotatable bonds is 7. The normalized spacial score (nSPS) is 12.1. The molecule has 0 fully saturated rings. The zero-order valence-electron chi connectivity index (χ0n) is 19.6. The quantitative estimate of drug-likeness (QED) is 0.310. The fraction of sp³-hybridized carbons (Fsp3) is 0.179. The maximum atomic E-state index is 13.1. The van der Waals surface area contributed by atoms with Crippen LogP contribution in [0.4, 0.5) is 5.82 Å². The molecular weight excluding hydrogens is 440 g/mol. The molecule has 0 aliphatic rings. The van der Waals surface area contributed by atoms with Gasteiger partial charge in [0.15, 0.2) is 5.65 Å². The van der Waals surface area contributed by atoms with E-state index < -0.39 is 5.97 Å². The zero-order valence-corrected chi connectivity index (χ0v) is 19.6. The maximum absolute atomic E-state index is 13.1. The van der Waals surface area contributed by atoms with Crippen molar-refractivity contribution < 1.29 is 14.3 Å². The Balaban J connectivity index is 1.56. The number of hydrogen-bond acceptors (Lipinski definition) is 6. The highest BCUT2D eigenvalue weighted by atomic mass is 16.5. The van der Waals surface area contributed by atoms with Gasteiger partial charge in [-0.15, -0.1) is 0 Å². The van der Waals surface area contributed by atoms with Crippen molar-refractivity contribution >= 4 is 34.0 Å². The van der Waals surface area contributed by atoms with Crippen LogP contribution in [0.2, 0.25) is 0 Å². The molecule has 0 aliphatic heterocycles. The molecule has 2 aromatic heterocycles. The van der Waals surface area contributed by atoms with Gasteiger partial charge >= 0.3 is 5.97 Å². The number of carbonyl (C=O) groups is 1. The minimum absolute atomic E-state index is 0.225. The Labute approximate surface area is 203 Å². The van der Waals surface area contributed by atoms with Crippen LogP contribution in [-0.4, -0.2) is 26.6 Å². The van der Waals surface area contributed by atoms with E-state index in [-0.39, 0.29) is 17.5 Å². The van der Waals surface area contributed by atoms with Crippen molar-refractivity contribution in [2.75, 3.05) is 5.73 Å². The number of nitrogen functional groups attached to an aromatic ring is 1. The minimum atomic E-state index is -0.506. The van der Waals surface area contributed by atoms with E-state index in [0.717, 1.165) is 17.0 Å². The smallest absolute Gasteiger partial charge is 0.344 e. The van der Waals surface area contributed by atoms with Crippen LogP contribution < -0.4 is 10.5 Å². The van der Waals surface area contributed by atoms with E-state index in [0.29, 0.717) is 35.2 Å². The first-order valence-corrected chi connectivity index (χ1v) is 11.6. The molecule has 3 aromatic carbocycles. The molecule has 0 radical (unpaired) electrons. The van der Waals surface area contributed by atoms with E-state index in [2.05, 4.69) is 0 Å². The highest BCUT2D eigenvalue weighted by molar-refractivity contribution is 6.09. The predicted octanol–water partition coefficient (Wildman–Crippen LogP) is 5.69. The van der Waals surface area contributed by atoms with Crippen molar-refractivity contribution in [1.29, 1.82) is 0 Å². The maximum Gasteiger partial charge on any atom is 0.344 e. The summed E-state index contributed by atoms with van der Waals surface area (Å²) in [5, 5.41) is 0. The zero-order chi connectivity index (χ0) is 24.4. The molecule has 0 spiro atoms. The molecule has 1 atom stereocenters. The molecule has 2 heterocycles. The molecule has 5 aromatic rings. The van der Waals surface area contributed by atoms with E-state index in [4.69, 9.17) is 25.2 Å². The predicted molar refractivity (Wildman–Crippen MR) is 137 cm³/mol. The van der Waals surface area contributed by atoms with Crippen LogP contribution in [0.5, 0.6) is 5.75 Å². The molecule has 7 heteroatoms. The topological polar surface area (TPSA) is 92.3 Å². The molecule has 0 aliphatic carbocycles. The second kappa shape index (κ2) is 9.46. The third-order valence-corrected chi connectivity index (χ3v) is 5.93. The second-order valence-electron chi connectivity index (χ2n) is 8.37. The van der Waals surface area contributed by atoms with Gasteiger partial charge in [0.1, 0.15) is 29.3 Å². The van der Waals surface area contributed by atoms with Crippen LogP contribution in [0.25, 0.3) is 27.9 Å². The summed E-state index contributed by atoms with van der Waals surface area (Å²) in [4.78, 5) is 22.6. The van der Waals surface area contributed by atoms with Crippen molar-refractivity contribution in [3.8, 4) is 11.4 Å². The number of carbonyl (C=O) groups excluding carboxylic acids is 1. The van der Waals surface area contributed by atoms with Gasteiger partial charge in [0.05, 0.1) is 17.1 Å². The molecule has 0 saturated carbocycles. The van der Waals surface area contributed by atoms with Gasteiger partial charge in [-0.25, -0.2) is 14.8 Å². The number of para-hydroxylation sites is 2. The van der Waals surface area contributed by atoms with Crippen LogP contribution in [0.15, 0.2) is 78.9 Å². The Hall–Kier alpha value is -4.39. The molecule has 0 unspecified atom stereocenters. The summed E-state index contributed by atoms with van der Waals surface area (Å²) >= 11 is 0. The molecular formula is C28H26N4O3. The van der Waals surface area contributed by atoms with E-state index in [9.17, 15) is 4.79 Å². The van der Waals surface area contributed by atoms with Crippen molar-refractivity contribution in [2.24, 2.45) is 0 Å². The van der Waals surface area contributed by atoms with Crippen molar-refractivity contribution in [3.63, 3.8) is 0 Å². The van der Waals surface area contributed by atoms with Crippen LogP contribution >= 0.6 is 0 Å². The third-order valence-electron chi connectivity index (χ3n) is 5.93. The number of nitrogens with zero attached hydrogens (tertiary/aromatic N) is 3. The fourth-order valence-electron chi connectivity index (χ4n) is 3.88. The molecule has 0 bridgehead atoms. The largest absolute Gasteiger partial charge is 0.489 e. The number of hydrogen-bond donors (Lipinski definition) is 1. The number of anilines is 1. The highest BCUT2D eigenvalue weighted by Gasteiger charge is 2.26. The van der Waals surface area contributed by atoms with Crippen molar-refractivity contribution in [2.45, 2.75) is 33.0 Å². The Kier molecular flexibility index (Phi) is 6.06. The minimum Gasteiger partial charge on any atom is -0.489 e. The summed E-state index contributed by atoms with van der Waals surface area (Å²) in [5.74, 6) is 0.454. The van der Waals surface area contributed by atoms with Crippen molar-refractivity contribution in [1.82, 2.24) is 14.5 Å². The van der Waals surface area contributed by atoms with E-state index in [1.165, 1.54) is 0 Å². The Morgan fingerprint density at radius 2 is 1.60 bits per heavy atom. The van der Waals surface area contributed by atoms with Crippen LogP contribution in [-0.2, 0) is 11.3 Å². The lowest BCUT2D eigenvalue weighted by Gasteiger charge is -2.11. The van der Waals surface area contributed by atoms with Crippen LogP contribution in [0.3, 0.4) is 0 Å². The summed E-state index contributed by atoms with van der Waals surface area (Å²) in [6.45, 7) is 4.28. The first-order chi connectivity index (χ1) is 17.0. The van der Waals surface area contributed by atoms with Gasteiger partial charge < -0.3 is 15.2 Å². The third kappa shape index (κ3) is 4.40. The summed E-state index contributed by atoms with van der Waals surface area (Å²) in [5.41, 5.74) is 10.9. The van der Waals surface area contributed by atoms with Gasteiger partial charge in [-0.2, -0.15) is 0 Å². The van der Waals surface area contributed by atoms with E-state index in [1.54, 1.807) is 4.57 Å². The molecule has 35 heavy (non-hydrogen) atoms. The van der Waals surface area contributed by atoms with E-state index in [1.807, 2.05) is 92.7 Å². The van der Waals surface area contributed by atoms with Gasteiger partial charge in [0.2, 0.25) is 0 Å². The van der Waals surface area contributed by atoms with E-state index >= 15 is 0 Å². The average Bonchev–Trinajstić information content (AvgIpc) is 3.17. The standard InChI is InChI=1S/C28H26N4O3/c1-3-18(2)35-28(33)24-25-27(31-23-12-8-7-11-22(23)30-25)32(26(24)29)20-13-15-21(16-14-20)34-17-19-9-5-4-6-10-19/h4-16,18H,3,17,29H2,1-2H3/t18-/m0/s1. The Bertz CT molecular complexity index is 1490. The lowest BCUT2D eigenvalue weighted by molar-refractivity contribution is 0.0338.